The predicted molar refractivity (Wildman–Crippen MR) is 119 cm³/mol. The number of benzene rings is 2. The molecule has 2 aromatic carbocycles. The van der Waals surface area contributed by atoms with E-state index in [1.807, 2.05) is 4.90 Å². The van der Waals surface area contributed by atoms with Gasteiger partial charge in [0, 0.05) is 25.6 Å². The molecule has 1 N–H and O–H groups in total. The number of piperidine rings is 1. The topological polar surface area (TPSA) is 70.1 Å². The highest BCUT2D eigenvalue weighted by atomic mass is 32.2. The molecule has 0 bridgehead atoms. The van der Waals surface area contributed by atoms with Crippen LogP contribution in [0.25, 0.3) is 0 Å². The number of alkyl halides is 3. The fourth-order valence-corrected chi connectivity index (χ4v) is 5.76. The van der Waals surface area contributed by atoms with Crippen molar-refractivity contribution in [1.29, 1.82) is 0 Å². The molecule has 2 atom stereocenters. The first-order chi connectivity index (χ1) is 16.5. The molecule has 0 saturated carbocycles. The smallest absolute Gasteiger partial charge is 0.416 e. The van der Waals surface area contributed by atoms with E-state index in [1.165, 1.54) is 16.4 Å². The Balaban J connectivity index is 1.83. The van der Waals surface area contributed by atoms with Gasteiger partial charge in [-0.25, -0.2) is 12.7 Å². The first-order valence-corrected chi connectivity index (χ1v) is 11.9. The van der Waals surface area contributed by atoms with Crippen LogP contribution in [0, 0.1) is 5.92 Å². The lowest BCUT2D eigenvalue weighted by atomic mass is 9.76. The maximum atomic E-state index is 13.2. The second-order valence-corrected chi connectivity index (χ2v) is 10.5. The molecule has 1 aliphatic rings. The highest BCUT2D eigenvalue weighted by molar-refractivity contribution is 7.88. The zero-order valence-corrected chi connectivity index (χ0v) is 19.2. The zero-order valence-electron chi connectivity index (χ0n) is 21.3. The highest BCUT2D eigenvalue weighted by Gasteiger charge is 2.45. The van der Waals surface area contributed by atoms with Crippen molar-refractivity contribution in [3.63, 3.8) is 0 Å². The molecule has 1 saturated heterocycles. The van der Waals surface area contributed by atoms with Gasteiger partial charge in [-0.3, -0.25) is 0 Å². The van der Waals surface area contributed by atoms with Gasteiger partial charge in [-0.2, -0.15) is 13.2 Å². The van der Waals surface area contributed by atoms with Gasteiger partial charge in [-0.05, 0) is 55.9 Å². The highest BCUT2D eigenvalue weighted by Crippen LogP contribution is 2.40. The lowest BCUT2D eigenvalue weighted by Gasteiger charge is -2.45. The quantitative estimate of drug-likeness (QED) is 0.646. The van der Waals surface area contributed by atoms with Gasteiger partial charge in [0.1, 0.15) is 5.75 Å². The Morgan fingerprint density at radius 3 is 2.55 bits per heavy atom. The lowest BCUT2D eigenvalue weighted by Crippen LogP contribution is -2.54. The molecule has 0 aromatic heterocycles. The molecule has 1 heterocycles. The average Bonchev–Trinajstić information content (AvgIpc) is 2.73. The molecule has 0 amide bonds. The van der Waals surface area contributed by atoms with Crippen LogP contribution < -0.4 is 4.74 Å². The molecule has 0 spiro atoms. The van der Waals surface area contributed by atoms with Crippen molar-refractivity contribution in [1.82, 2.24) is 9.21 Å². The van der Waals surface area contributed by atoms with Crippen LogP contribution in [0.5, 0.6) is 5.75 Å². The molecule has 182 valence electrons. The van der Waals surface area contributed by atoms with Crippen LogP contribution in [0.2, 0.25) is 0 Å². The summed E-state index contributed by atoms with van der Waals surface area (Å²) in [5, 5.41) is 11.7. The standard InChI is InChI=1S/C23H29F3N2O4S/c1-27(2)14-20-15-28(12-11-22(20,29)19-5-4-6-21(13-19)32-3)33(30,31)16-17-7-9-18(10-8-17)23(24,25)26/h4-10,13,20,29H,11-12,14-16H2,1-3H3/i3D3. The molecule has 10 heteroatoms. The number of rotatable bonds is 7. The molecule has 0 radical (unpaired) electrons. The summed E-state index contributed by atoms with van der Waals surface area (Å²) < 4.78 is 92.9. The van der Waals surface area contributed by atoms with Crippen molar-refractivity contribution in [2.45, 2.75) is 24.0 Å². The van der Waals surface area contributed by atoms with Crippen molar-refractivity contribution in [2.75, 3.05) is 40.8 Å². The minimum absolute atomic E-state index is 0.0201. The largest absolute Gasteiger partial charge is 0.497 e. The Hall–Kier alpha value is -2.14. The van der Waals surface area contributed by atoms with Crippen LogP contribution >= 0.6 is 0 Å². The van der Waals surface area contributed by atoms with Crippen molar-refractivity contribution in [2.24, 2.45) is 5.92 Å². The van der Waals surface area contributed by atoms with E-state index >= 15 is 0 Å². The molecule has 2 aromatic rings. The van der Waals surface area contributed by atoms with Gasteiger partial charge in [0.25, 0.3) is 0 Å². The second-order valence-electron chi connectivity index (χ2n) is 8.57. The number of hydrogen-bond acceptors (Lipinski definition) is 5. The van der Waals surface area contributed by atoms with Crippen LogP contribution in [0.4, 0.5) is 13.2 Å². The molecule has 2 unspecified atom stereocenters. The summed E-state index contributed by atoms with van der Waals surface area (Å²) in [5.74, 6) is -0.992. The van der Waals surface area contributed by atoms with E-state index in [4.69, 9.17) is 8.85 Å². The molecule has 33 heavy (non-hydrogen) atoms. The van der Waals surface area contributed by atoms with E-state index in [2.05, 4.69) is 0 Å². The third-order valence-corrected chi connectivity index (χ3v) is 7.72. The van der Waals surface area contributed by atoms with Gasteiger partial charge in [-0.15, -0.1) is 0 Å². The van der Waals surface area contributed by atoms with Crippen molar-refractivity contribution in [3.8, 4) is 5.75 Å². The van der Waals surface area contributed by atoms with Crippen LogP contribution in [0.3, 0.4) is 0 Å². The zero-order chi connectivity index (χ0) is 26.9. The number of aliphatic hydroxyl groups is 1. The van der Waals surface area contributed by atoms with Gasteiger partial charge < -0.3 is 14.7 Å². The fourth-order valence-electron chi connectivity index (χ4n) is 4.19. The minimum atomic E-state index is -4.51. The Labute approximate surface area is 196 Å². The van der Waals surface area contributed by atoms with Gasteiger partial charge in [0.05, 0.1) is 28.1 Å². The third-order valence-electron chi connectivity index (χ3n) is 5.90. The minimum Gasteiger partial charge on any atom is -0.497 e. The molecule has 0 aliphatic carbocycles. The van der Waals surface area contributed by atoms with Gasteiger partial charge in [0.2, 0.25) is 10.0 Å². The van der Waals surface area contributed by atoms with E-state index in [9.17, 15) is 26.7 Å². The number of hydrogen-bond donors (Lipinski definition) is 1. The molecular formula is C23H29F3N2O4S. The van der Waals surface area contributed by atoms with Gasteiger partial charge >= 0.3 is 6.18 Å². The summed E-state index contributed by atoms with van der Waals surface area (Å²) in [6, 6.07) is 10.1. The van der Waals surface area contributed by atoms with Gasteiger partial charge in [-0.1, -0.05) is 24.3 Å². The van der Waals surface area contributed by atoms with Crippen LogP contribution in [-0.4, -0.2) is 63.5 Å². The van der Waals surface area contributed by atoms with E-state index in [0.717, 1.165) is 24.3 Å². The monoisotopic (exact) mass is 489 g/mol. The van der Waals surface area contributed by atoms with E-state index < -0.39 is 46.1 Å². The fraction of sp³-hybridized carbons (Fsp3) is 0.478. The lowest BCUT2D eigenvalue weighted by molar-refractivity contribution is -0.137. The first-order valence-electron chi connectivity index (χ1n) is 11.8. The summed E-state index contributed by atoms with van der Waals surface area (Å²) in [7, 11) is -3.00. The van der Waals surface area contributed by atoms with E-state index in [0.29, 0.717) is 12.1 Å². The summed E-state index contributed by atoms with van der Waals surface area (Å²) in [4.78, 5) is 1.81. The first kappa shape index (κ1) is 21.4. The number of nitrogens with zero attached hydrogens (tertiary/aromatic N) is 2. The van der Waals surface area contributed by atoms with Crippen molar-refractivity contribution < 1.29 is 35.5 Å². The van der Waals surface area contributed by atoms with E-state index in [-0.39, 0.29) is 30.8 Å². The Bertz CT molecular complexity index is 1160. The van der Waals surface area contributed by atoms with Crippen molar-refractivity contribution in [3.05, 3.63) is 65.2 Å². The molecular weight excluding hydrogens is 457 g/mol. The third kappa shape index (κ3) is 5.87. The maximum absolute atomic E-state index is 13.2. The van der Waals surface area contributed by atoms with Crippen LogP contribution in [-0.2, 0) is 27.6 Å². The SMILES string of the molecule is [2H]C([2H])([2H])Oc1cccc(C2(O)CCN(S(=O)(=O)Cc3ccc(C(F)(F)F)cc3)CC2CN(C)C)c1. The Morgan fingerprint density at radius 1 is 1.24 bits per heavy atom. The van der Waals surface area contributed by atoms with Crippen molar-refractivity contribution >= 4 is 10.0 Å². The van der Waals surface area contributed by atoms with Crippen LogP contribution in [0.15, 0.2) is 48.5 Å². The molecule has 1 fully saturated rings. The second kappa shape index (κ2) is 9.61. The summed E-state index contributed by atoms with van der Waals surface area (Å²) >= 11 is 0. The Kier molecular flexibility index (Phi) is 6.23. The van der Waals surface area contributed by atoms with Gasteiger partial charge in [0.15, 0.2) is 0 Å². The molecule has 3 rings (SSSR count). The average molecular weight is 490 g/mol. The number of methoxy groups -OCH3 is 1. The molecule has 6 nitrogen and oxygen atoms in total. The predicted octanol–water partition coefficient (Wildman–Crippen LogP) is 3.32. The number of halogens is 3. The normalized spacial score (nSPS) is 24.2. The Morgan fingerprint density at radius 2 is 1.94 bits per heavy atom. The summed E-state index contributed by atoms with van der Waals surface area (Å²) in [6.45, 7) is 0.281. The number of sulfonamides is 1. The summed E-state index contributed by atoms with van der Waals surface area (Å²) in [5.41, 5.74) is -1.68. The molecule has 1 aliphatic heterocycles. The summed E-state index contributed by atoms with van der Waals surface area (Å²) in [6.07, 6.45) is -4.48. The number of ether oxygens (including phenoxy) is 1. The van der Waals surface area contributed by atoms with E-state index in [1.54, 1.807) is 26.2 Å². The van der Waals surface area contributed by atoms with Crippen LogP contribution in [0.1, 0.15) is 27.2 Å². The maximum Gasteiger partial charge on any atom is 0.416 e.